The third-order valence-corrected chi connectivity index (χ3v) is 3.88. The standard InChI is InChI=1S/C13H27NOS/c15-11-8-13-7-3-5-10-14(13)9-4-1-2-6-12-16/h13,15-16H,1-12H2. The first-order valence-corrected chi connectivity index (χ1v) is 7.47. The van der Waals surface area contributed by atoms with Gasteiger partial charge in [-0.3, -0.25) is 0 Å². The van der Waals surface area contributed by atoms with Gasteiger partial charge in [0.05, 0.1) is 0 Å². The first-order valence-electron chi connectivity index (χ1n) is 6.84. The van der Waals surface area contributed by atoms with Crippen molar-refractivity contribution >= 4 is 12.6 Å². The van der Waals surface area contributed by atoms with Gasteiger partial charge in [0.25, 0.3) is 0 Å². The number of hydrogen-bond donors (Lipinski definition) is 2. The highest BCUT2D eigenvalue weighted by molar-refractivity contribution is 7.80. The zero-order chi connectivity index (χ0) is 11.6. The van der Waals surface area contributed by atoms with Crippen LogP contribution in [-0.2, 0) is 0 Å². The van der Waals surface area contributed by atoms with Gasteiger partial charge >= 0.3 is 0 Å². The van der Waals surface area contributed by atoms with Crippen LogP contribution < -0.4 is 0 Å². The first kappa shape index (κ1) is 14.3. The maximum atomic E-state index is 9.04. The number of likely N-dealkylation sites (tertiary alicyclic amines) is 1. The Morgan fingerprint density at radius 3 is 2.69 bits per heavy atom. The summed E-state index contributed by atoms with van der Waals surface area (Å²) in [6, 6.07) is 0.656. The molecule has 1 fully saturated rings. The average Bonchev–Trinajstić information content (AvgIpc) is 2.31. The number of rotatable bonds is 8. The topological polar surface area (TPSA) is 23.5 Å². The van der Waals surface area contributed by atoms with Crippen molar-refractivity contribution in [3.63, 3.8) is 0 Å². The minimum atomic E-state index is 0.348. The molecule has 0 amide bonds. The molecule has 0 aromatic rings. The van der Waals surface area contributed by atoms with E-state index in [9.17, 15) is 0 Å². The summed E-state index contributed by atoms with van der Waals surface area (Å²) < 4.78 is 0. The van der Waals surface area contributed by atoms with Gasteiger partial charge in [-0.2, -0.15) is 12.6 Å². The van der Waals surface area contributed by atoms with Gasteiger partial charge in [-0.05, 0) is 50.9 Å². The Hall–Kier alpha value is 0.270. The quantitative estimate of drug-likeness (QED) is 0.507. The molecule has 0 saturated carbocycles. The van der Waals surface area contributed by atoms with Gasteiger partial charge in [-0.25, -0.2) is 0 Å². The maximum Gasteiger partial charge on any atom is 0.0445 e. The molecule has 0 aromatic heterocycles. The minimum absolute atomic E-state index is 0.348. The molecule has 0 bridgehead atoms. The van der Waals surface area contributed by atoms with E-state index in [-0.39, 0.29) is 0 Å². The lowest BCUT2D eigenvalue weighted by atomic mass is 9.99. The van der Waals surface area contributed by atoms with E-state index in [2.05, 4.69) is 17.5 Å². The summed E-state index contributed by atoms with van der Waals surface area (Å²) >= 11 is 4.23. The lowest BCUT2D eigenvalue weighted by molar-refractivity contribution is 0.117. The number of hydrogen-bond acceptors (Lipinski definition) is 3. The molecule has 1 aliphatic heterocycles. The predicted molar refractivity (Wildman–Crippen MR) is 73.2 cm³/mol. The van der Waals surface area contributed by atoms with Crippen molar-refractivity contribution in [1.29, 1.82) is 0 Å². The third-order valence-electron chi connectivity index (χ3n) is 3.56. The van der Waals surface area contributed by atoms with Gasteiger partial charge in [0.2, 0.25) is 0 Å². The van der Waals surface area contributed by atoms with E-state index in [1.54, 1.807) is 0 Å². The molecule has 1 saturated heterocycles. The lowest BCUT2D eigenvalue weighted by Gasteiger charge is -2.35. The molecular weight excluding hydrogens is 218 g/mol. The summed E-state index contributed by atoms with van der Waals surface area (Å²) in [7, 11) is 0. The highest BCUT2D eigenvalue weighted by Crippen LogP contribution is 2.20. The van der Waals surface area contributed by atoms with Gasteiger partial charge in [0, 0.05) is 12.6 Å². The van der Waals surface area contributed by atoms with E-state index in [0.717, 1.165) is 12.2 Å². The molecule has 16 heavy (non-hydrogen) atoms. The maximum absolute atomic E-state index is 9.04. The van der Waals surface area contributed by atoms with Crippen LogP contribution in [0.15, 0.2) is 0 Å². The fourth-order valence-electron chi connectivity index (χ4n) is 2.61. The van der Waals surface area contributed by atoms with Crippen molar-refractivity contribution in [3.8, 4) is 0 Å². The minimum Gasteiger partial charge on any atom is -0.396 e. The normalized spacial score (nSPS) is 22.5. The van der Waals surface area contributed by atoms with E-state index in [0.29, 0.717) is 12.6 Å². The fraction of sp³-hybridized carbons (Fsp3) is 1.00. The smallest absolute Gasteiger partial charge is 0.0445 e. The van der Waals surface area contributed by atoms with Gasteiger partial charge in [-0.1, -0.05) is 19.3 Å². The summed E-state index contributed by atoms with van der Waals surface area (Å²) in [5.74, 6) is 1.02. The van der Waals surface area contributed by atoms with Crippen LogP contribution in [-0.4, -0.2) is 41.5 Å². The average molecular weight is 245 g/mol. The van der Waals surface area contributed by atoms with E-state index in [1.165, 1.54) is 58.0 Å². The molecule has 0 aliphatic carbocycles. The lowest BCUT2D eigenvalue weighted by Crippen LogP contribution is -2.40. The van der Waals surface area contributed by atoms with Crippen LogP contribution in [0.4, 0.5) is 0 Å². The SMILES string of the molecule is OCCC1CCCCN1CCCCCCS. The third kappa shape index (κ3) is 5.55. The predicted octanol–water partition coefficient (Wildman–Crippen LogP) is 2.71. The Morgan fingerprint density at radius 1 is 1.12 bits per heavy atom. The molecule has 0 spiro atoms. The van der Waals surface area contributed by atoms with Crippen molar-refractivity contribution in [2.75, 3.05) is 25.4 Å². The highest BCUT2D eigenvalue weighted by atomic mass is 32.1. The summed E-state index contributed by atoms with van der Waals surface area (Å²) in [6.07, 6.45) is 10.2. The van der Waals surface area contributed by atoms with Crippen LogP contribution >= 0.6 is 12.6 Å². The van der Waals surface area contributed by atoms with Crippen molar-refractivity contribution in [1.82, 2.24) is 4.90 Å². The van der Waals surface area contributed by atoms with Crippen LogP contribution in [0, 0.1) is 0 Å². The molecule has 2 nitrogen and oxygen atoms in total. The molecule has 0 radical (unpaired) electrons. The van der Waals surface area contributed by atoms with Crippen LogP contribution in [0.1, 0.15) is 51.4 Å². The molecule has 1 atom stereocenters. The van der Waals surface area contributed by atoms with Crippen LogP contribution in [0.5, 0.6) is 0 Å². The molecule has 1 rings (SSSR count). The molecule has 1 N–H and O–H groups in total. The van der Waals surface area contributed by atoms with Crippen molar-refractivity contribution < 1.29 is 5.11 Å². The van der Waals surface area contributed by atoms with Crippen molar-refractivity contribution in [3.05, 3.63) is 0 Å². The Balaban J connectivity index is 2.11. The highest BCUT2D eigenvalue weighted by Gasteiger charge is 2.20. The Bertz CT molecular complexity index is 164. The zero-order valence-corrected chi connectivity index (χ0v) is 11.3. The van der Waals surface area contributed by atoms with E-state index >= 15 is 0 Å². The van der Waals surface area contributed by atoms with Crippen molar-refractivity contribution in [2.24, 2.45) is 0 Å². The number of aliphatic hydroxyl groups is 1. The largest absolute Gasteiger partial charge is 0.396 e. The number of aliphatic hydroxyl groups excluding tert-OH is 1. The second kappa shape index (κ2) is 9.32. The van der Waals surface area contributed by atoms with Gasteiger partial charge < -0.3 is 10.0 Å². The number of nitrogens with zero attached hydrogens (tertiary/aromatic N) is 1. The van der Waals surface area contributed by atoms with E-state index in [1.807, 2.05) is 0 Å². The molecular formula is C13H27NOS. The fourth-order valence-corrected chi connectivity index (χ4v) is 2.83. The summed E-state index contributed by atoms with van der Waals surface area (Å²) in [6.45, 7) is 2.83. The second-order valence-corrected chi connectivity index (χ2v) is 5.28. The second-order valence-electron chi connectivity index (χ2n) is 4.84. The van der Waals surface area contributed by atoms with E-state index < -0.39 is 0 Å². The van der Waals surface area contributed by atoms with Gasteiger partial charge in [0.1, 0.15) is 0 Å². The number of unbranched alkanes of at least 4 members (excludes halogenated alkanes) is 3. The van der Waals surface area contributed by atoms with Crippen molar-refractivity contribution in [2.45, 2.75) is 57.4 Å². The van der Waals surface area contributed by atoms with Gasteiger partial charge in [0.15, 0.2) is 0 Å². The molecule has 3 heteroatoms. The Kier molecular flexibility index (Phi) is 8.34. The molecule has 0 aromatic carbocycles. The van der Waals surface area contributed by atoms with Crippen LogP contribution in [0.3, 0.4) is 0 Å². The van der Waals surface area contributed by atoms with E-state index in [4.69, 9.17) is 5.11 Å². The number of piperidine rings is 1. The molecule has 96 valence electrons. The summed E-state index contributed by atoms with van der Waals surface area (Å²) in [4.78, 5) is 2.60. The summed E-state index contributed by atoms with van der Waals surface area (Å²) in [5.41, 5.74) is 0. The molecule has 1 aliphatic rings. The van der Waals surface area contributed by atoms with Gasteiger partial charge in [-0.15, -0.1) is 0 Å². The first-order chi connectivity index (χ1) is 7.88. The molecule has 1 unspecified atom stereocenters. The Labute approximate surface area is 106 Å². The zero-order valence-electron chi connectivity index (χ0n) is 10.4. The molecule has 1 heterocycles. The summed E-state index contributed by atoms with van der Waals surface area (Å²) in [5, 5.41) is 9.04. The van der Waals surface area contributed by atoms with Crippen LogP contribution in [0.25, 0.3) is 0 Å². The van der Waals surface area contributed by atoms with Crippen LogP contribution in [0.2, 0.25) is 0 Å². The number of thiol groups is 1. The Morgan fingerprint density at radius 2 is 1.94 bits per heavy atom. The monoisotopic (exact) mass is 245 g/mol.